The maximum Gasteiger partial charge on any atom is 0.0918 e. The number of aromatic nitrogens is 1. The topological polar surface area (TPSA) is 4.93 Å². The van der Waals surface area contributed by atoms with Gasteiger partial charge >= 0.3 is 0 Å². The highest BCUT2D eigenvalue weighted by atomic mass is 79.9. The fourth-order valence-corrected chi connectivity index (χ4v) is 1.16. The number of hydrogen-bond acceptors (Lipinski definition) is 0. The fourth-order valence-electron chi connectivity index (χ4n) is 0.307. The van der Waals surface area contributed by atoms with E-state index in [4.69, 9.17) is 0 Å². The first-order chi connectivity index (χ1) is 3.29. The average molecular weight is 224 g/mol. The third-order valence-electron chi connectivity index (χ3n) is 0.565. The number of nitrogens with zero attached hydrogens (tertiary/aromatic N) is 1. The van der Waals surface area contributed by atoms with Crippen LogP contribution in [0.3, 0.4) is 0 Å². The standard InChI is InChI=1S/C4H2Br2N/c5-4-1-2-7(6)3-4/h1-2H. The maximum absolute atomic E-state index is 3.23. The summed E-state index contributed by atoms with van der Waals surface area (Å²) in [7, 11) is 0. The van der Waals surface area contributed by atoms with Crippen LogP contribution in [0.5, 0.6) is 0 Å². The third-order valence-corrected chi connectivity index (χ3v) is 1.42. The Balaban J connectivity index is 3.04. The Hall–Kier alpha value is 0.240. The van der Waals surface area contributed by atoms with Gasteiger partial charge in [-0.25, -0.2) is 0 Å². The number of halogens is 2. The van der Waals surface area contributed by atoms with Gasteiger partial charge in [-0.05, 0) is 22.0 Å². The molecule has 1 rings (SSSR count). The molecule has 0 aliphatic heterocycles. The van der Waals surface area contributed by atoms with E-state index in [2.05, 4.69) is 38.3 Å². The molecule has 0 aliphatic rings. The summed E-state index contributed by atoms with van der Waals surface area (Å²) in [6.07, 6.45) is 4.74. The fraction of sp³-hybridized carbons (Fsp3) is 0. The van der Waals surface area contributed by atoms with E-state index in [1.54, 1.807) is 3.59 Å². The summed E-state index contributed by atoms with van der Waals surface area (Å²) < 4.78 is 2.64. The third kappa shape index (κ3) is 1.31. The van der Waals surface area contributed by atoms with Crippen molar-refractivity contribution >= 4 is 32.1 Å². The molecule has 1 aromatic rings. The van der Waals surface area contributed by atoms with E-state index in [1.165, 1.54) is 0 Å². The molecule has 1 radical (unpaired) electrons. The molecule has 0 saturated carbocycles. The van der Waals surface area contributed by atoms with Crippen LogP contribution in [0, 0.1) is 6.20 Å². The minimum absolute atomic E-state index is 0.962. The summed E-state index contributed by atoms with van der Waals surface area (Å²) in [6.45, 7) is 0. The van der Waals surface area contributed by atoms with Gasteiger partial charge in [-0.3, -0.25) is 3.59 Å². The molecular formula is C4H2Br2N. The van der Waals surface area contributed by atoms with Crippen molar-refractivity contribution in [1.82, 2.24) is 3.59 Å². The van der Waals surface area contributed by atoms with Gasteiger partial charge in [0, 0.05) is 10.7 Å². The molecule has 0 aliphatic carbocycles. The highest BCUT2D eigenvalue weighted by molar-refractivity contribution is 9.10. The first-order valence-corrected chi connectivity index (χ1v) is 3.21. The lowest BCUT2D eigenvalue weighted by atomic mass is 10.7. The largest absolute Gasteiger partial charge is 0.281 e. The lowest BCUT2D eigenvalue weighted by molar-refractivity contribution is 1.30. The first-order valence-electron chi connectivity index (χ1n) is 1.71. The molecule has 0 bridgehead atoms. The van der Waals surface area contributed by atoms with Gasteiger partial charge in [-0.2, -0.15) is 0 Å². The Bertz CT molecular complexity index is 142. The lowest BCUT2D eigenvalue weighted by Crippen LogP contribution is -1.64. The van der Waals surface area contributed by atoms with Gasteiger partial charge in [0.2, 0.25) is 0 Å². The molecule has 0 unspecified atom stereocenters. The summed E-state index contributed by atoms with van der Waals surface area (Å²) in [5.41, 5.74) is 0. The van der Waals surface area contributed by atoms with Crippen molar-refractivity contribution in [3.05, 3.63) is 22.9 Å². The molecule has 37 valence electrons. The van der Waals surface area contributed by atoms with E-state index in [0.29, 0.717) is 0 Å². The minimum Gasteiger partial charge on any atom is -0.281 e. The predicted octanol–water partition coefficient (Wildman–Crippen LogP) is 2.21. The van der Waals surface area contributed by atoms with Gasteiger partial charge in [-0.15, -0.1) is 0 Å². The Morgan fingerprint density at radius 1 is 1.71 bits per heavy atom. The van der Waals surface area contributed by atoms with Crippen LogP contribution in [0.4, 0.5) is 0 Å². The maximum atomic E-state index is 3.23. The van der Waals surface area contributed by atoms with Crippen molar-refractivity contribution in [2.24, 2.45) is 0 Å². The summed E-state index contributed by atoms with van der Waals surface area (Å²) >= 11 is 6.39. The van der Waals surface area contributed by atoms with E-state index in [-0.39, 0.29) is 0 Å². The van der Waals surface area contributed by atoms with Gasteiger partial charge in [0.05, 0.1) is 22.3 Å². The summed E-state index contributed by atoms with van der Waals surface area (Å²) in [4.78, 5) is 0. The molecule has 1 heterocycles. The number of rotatable bonds is 0. The molecule has 0 saturated heterocycles. The van der Waals surface area contributed by atoms with Gasteiger partial charge in [-0.1, -0.05) is 0 Å². The smallest absolute Gasteiger partial charge is 0.0918 e. The predicted molar refractivity (Wildman–Crippen MR) is 35.3 cm³/mol. The molecular weight excluding hydrogens is 222 g/mol. The van der Waals surface area contributed by atoms with Crippen LogP contribution in [0.2, 0.25) is 0 Å². The summed E-state index contributed by atoms with van der Waals surface area (Å²) in [6, 6.07) is 1.90. The van der Waals surface area contributed by atoms with E-state index >= 15 is 0 Å². The number of hydrogen-bond donors (Lipinski definition) is 0. The van der Waals surface area contributed by atoms with Crippen LogP contribution in [0.25, 0.3) is 0 Å². The summed E-state index contributed by atoms with van der Waals surface area (Å²) in [5.74, 6) is 0. The van der Waals surface area contributed by atoms with Gasteiger partial charge in [0.15, 0.2) is 0 Å². The zero-order valence-corrected chi connectivity index (χ0v) is 6.53. The van der Waals surface area contributed by atoms with Gasteiger partial charge in [0.1, 0.15) is 0 Å². The Kier molecular flexibility index (Phi) is 1.54. The van der Waals surface area contributed by atoms with Crippen molar-refractivity contribution in [2.75, 3.05) is 0 Å². The first kappa shape index (κ1) is 5.38. The molecule has 7 heavy (non-hydrogen) atoms. The molecule has 0 amide bonds. The lowest BCUT2D eigenvalue weighted by Gasteiger charge is -1.74. The van der Waals surface area contributed by atoms with Crippen LogP contribution in [0.1, 0.15) is 0 Å². The zero-order valence-electron chi connectivity index (χ0n) is 3.36. The zero-order chi connectivity index (χ0) is 5.28. The van der Waals surface area contributed by atoms with Crippen LogP contribution in [0.15, 0.2) is 16.7 Å². The molecule has 0 fully saturated rings. The van der Waals surface area contributed by atoms with Crippen molar-refractivity contribution in [2.45, 2.75) is 0 Å². The molecule has 1 nitrogen and oxygen atoms in total. The molecule has 0 atom stereocenters. The van der Waals surface area contributed by atoms with Crippen molar-refractivity contribution in [1.29, 1.82) is 0 Å². The SMILES string of the molecule is Brc1[c]n(Br)cc1. The molecule has 0 aromatic carbocycles. The van der Waals surface area contributed by atoms with Gasteiger partial charge in [0.25, 0.3) is 0 Å². The quantitative estimate of drug-likeness (QED) is 0.636. The Labute approximate surface area is 58.8 Å². The monoisotopic (exact) mass is 222 g/mol. The van der Waals surface area contributed by atoms with Crippen molar-refractivity contribution < 1.29 is 0 Å². The molecule has 3 heteroatoms. The van der Waals surface area contributed by atoms with E-state index in [1.807, 2.05) is 12.3 Å². The second-order valence-electron chi connectivity index (χ2n) is 1.09. The second kappa shape index (κ2) is 2.01. The van der Waals surface area contributed by atoms with E-state index < -0.39 is 0 Å². The minimum atomic E-state index is 0.962. The highest BCUT2D eigenvalue weighted by Crippen LogP contribution is 2.08. The normalized spacial score (nSPS) is 9.43. The van der Waals surface area contributed by atoms with Crippen molar-refractivity contribution in [3.63, 3.8) is 0 Å². The van der Waals surface area contributed by atoms with Crippen molar-refractivity contribution in [3.8, 4) is 0 Å². The Morgan fingerprint density at radius 3 is 2.57 bits per heavy atom. The van der Waals surface area contributed by atoms with Crippen LogP contribution < -0.4 is 0 Å². The average Bonchev–Trinajstić information content (AvgIpc) is 1.87. The van der Waals surface area contributed by atoms with E-state index in [0.717, 1.165) is 4.47 Å². The summed E-state index contributed by atoms with van der Waals surface area (Å²) in [5, 5.41) is 0. The molecule has 0 N–H and O–H groups in total. The second-order valence-corrected chi connectivity index (χ2v) is 2.71. The molecule has 1 aromatic heterocycles. The van der Waals surface area contributed by atoms with Crippen LogP contribution >= 0.6 is 32.1 Å². The molecule has 0 spiro atoms. The van der Waals surface area contributed by atoms with Crippen LogP contribution in [-0.4, -0.2) is 3.59 Å². The van der Waals surface area contributed by atoms with Gasteiger partial charge < -0.3 is 0 Å². The highest BCUT2D eigenvalue weighted by Gasteiger charge is 1.85. The van der Waals surface area contributed by atoms with E-state index in [9.17, 15) is 0 Å². The van der Waals surface area contributed by atoms with Crippen LogP contribution in [-0.2, 0) is 0 Å². The Morgan fingerprint density at radius 2 is 2.43 bits per heavy atom.